The van der Waals surface area contributed by atoms with Crippen LogP contribution in [0.5, 0.6) is 5.75 Å². The van der Waals surface area contributed by atoms with Gasteiger partial charge in [0.25, 0.3) is 11.8 Å². The quantitative estimate of drug-likeness (QED) is 0.787. The highest BCUT2D eigenvalue weighted by atomic mass is 16.5. The Morgan fingerprint density at radius 1 is 1.11 bits per heavy atom. The zero-order chi connectivity index (χ0) is 19.1. The molecule has 2 aromatic rings. The summed E-state index contributed by atoms with van der Waals surface area (Å²) in [6.45, 7) is 3.69. The van der Waals surface area contributed by atoms with Gasteiger partial charge in [0.1, 0.15) is 12.4 Å². The van der Waals surface area contributed by atoms with E-state index in [1.54, 1.807) is 48.5 Å². The zero-order valence-electron chi connectivity index (χ0n) is 15.4. The lowest BCUT2D eigenvalue weighted by Crippen LogP contribution is -2.24. The predicted molar refractivity (Wildman–Crippen MR) is 103 cm³/mol. The second-order valence-corrected chi connectivity index (χ2v) is 6.33. The van der Waals surface area contributed by atoms with Crippen molar-refractivity contribution in [3.05, 3.63) is 59.7 Å². The van der Waals surface area contributed by atoms with Gasteiger partial charge in [0.05, 0.1) is 17.4 Å². The van der Waals surface area contributed by atoms with Gasteiger partial charge in [-0.05, 0) is 56.2 Å². The molecule has 0 aliphatic carbocycles. The van der Waals surface area contributed by atoms with Crippen LogP contribution in [0.25, 0.3) is 0 Å². The molecule has 1 atom stereocenters. The summed E-state index contributed by atoms with van der Waals surface area (Å²) in [5.41, 5.74) is 1.40. The van der Waals surface area contributed by atoms with Gasteiger partial charge in [0.15, 0.2) is 0 Å². The van der Waals surface area contributed by atoms with Gasteiger partial charge in [-0.1, -0.05) is 12.1 Å². The van der Waals surface area contributed by atoms with E-state index in [0.29, 0.717) is 35.7 Å². The molecule has 0 aromatic heterocycles. The van der Waals surface area contributed by atoms with Crippen LogP contribution in [-0.2, 0) is 4.74 Å². The van der Waals surface area contributed by atoms with E-state index in [9.17, 15) is 9.59 Å². The fourth-order valence-corrected chi connectivity index (χ4v) is 2.91. The molecule has 1 heterocycles. The molecule has 0 spiro atoms. The van der Waals surface area contributed by atoms with Gasteiger partial charge < -0.3 is 20.1 Å². The number of carbonyl (C=O) groups is 2. The van der Waals surface area contributed by atoms with E-state index in [2.05, 4.69) is 10.6 Å². The van der Waals surface area contributed by atoms with E-state index in [4.69, 9.17) is 9.47 Å². The zero-order valence-corrected chi connectivity index (χ0v) is 15.4. The van der Waals surface area contributed by atoms with Crippen molar-refractivity contribution in [1.82, 2.24) is 5.32 Å². The van der Waals surface area contributed by atoms with Crippen molar-refractivity contribution >= 4 is 17.5 Å². The SMILES string of the molecule is CCNC(=O)c1ccccc1NC(=O)c1ccc(OCC2CCCO2)cc1. The summed E-state index contributed by atoms with van der Waals surface area (Å²) in [5, 5.41) is 5.54. The summed E-state index contributed by atoms with van der Waals surface area (Å²) in [4.78, 5) is 24.6. The maximum absolute atomic E-state index is 12.5. The molecule has 0 saturated carbocycles. The second kappa shape index (κ2) is 9.19. The number of anilines is 1. The molecule has 1 aliphatic heterocycles. The highest BCUT2D eigenvalue weighted by Gasteiger charge is 2.16. The number of ether oxygens (including phenoxy) is 2. The number of carbonyl (C=O) groups excluding carboxylic acids is 2. The van der Waals surface area contributed by atoms with Crippen LogP contribution < -0.4 is 15.4 Å². The van der Waals surface area contributed by atoms with Crippen molar-refractivity contribution in [3.8, 4) is 5.75 Å². The van der Waals surface area contributed by atoms with Crippen molar-refractivity contribution < 1.29 is 19.1 Å². The van der Waals surface area contributed by atoms with Crippen molar-refractivity contribution in [2.45, 2.75) is 25.9 Å². The van der Waals surface area contributed by atoms with Crippen LogP contribution in [0, 0.1) is 0 Å². The molecular formula is C21H24N2O4. The van der Waals surface area contributed by atoms with Gasteiger partial charge in [-0.2, -0.15) is 0 Å². The van der Waals surface area contributed by atoms with Crippen molar-refractivity contribution in [2.75, 3.05) is 25.1 Å². The molecule has 0 radical (unpaired) electrons. The lowest BCUT2D eigenvalue weighted by molar-refractivity contribution is 0.0679. The summed E-state index contributed by atoms with van der Waals surface area (Å²) in [6, 6.07) is 13.9. The lowest BCUT2D eigenvalue weighted by atomic mass is 10.1. The standard InChI is InChI=1S/C21H24N2O4/c1-2-22-21(25)18-7-3-4-8-19(18)23-20(24)15-9-11-16(12-10-15)27-14-17-6-5-13-26-17/h3-4,7-12,17H,2,5-6,13-14H2,1H3,(H,22,25)(H,23,24). The third-order valence-electron chi connectivity index (χ3n) is 4.33. The minimum absolute atomic E-state index is 0.152. The minimum atomic E-state index is -0.280. The molecule has 6 nitrogen and oxygen atoms in total. The Morgan fingerprint density at radius 2 is 1.89 bits per heavy atom. The first-order valence-corrected chi connectivity index (χ1v) is 9.20. The van der Waals surface area contributed by atoms with Crippen molar-refractivity contribution in [2.24, 2.45) is 0 Å². The first kappa shape index (κ1) is 18.9. The van der Waals surface area contributed by atoms with Gasteiger partial charge in [-0.25, -0.2) is 0 Å². The first-order chi connectivity index (χ1) is 13.2. The average Bonchev–Trinajstić information content (AvgIpc) is 3.21. The van der Waals surface area contributed by atoms with Gasteiger partial charge >= 0.3 is 0 Å². The topological polar surface area (TPSA) is 76.7 Å². The third kappa shape index (κ3) is 5.08. The number of hydrogen-bond donors (Lipinski definition) is 2. The fourth-order valence-electron chi connectivity index (χ4n) is 2.91. The van der Waals surface area contributed by atoms with Crippen LogP contribution in [0.2, 0.25) is 0 Å². The van der Waals surface area contributed by atoms with Crippen LogP contribution in [0.15, 0.2) is 48.5 Å². The largest absolute Gasteiger partial charge is 0.491 e. The number of nitrogens with one attached hydrogen (secondary N) is 2. The molecule has 2 N–H and O–H groups in total. The molecule has 0 bridgehead atoms. The molecule has 1 fully saturated rings. The smallest absolute Gasteiger partial charge is 0.255 e. The predicted octanol–water partition coefficient (Wildman–Crippen LogP) is 3.25. The Morgan fingerprint density at radius 3 is 2.59 bits per heavy atom. The van der Waals surface area contributed by atoms with Crippen molar-refractivity contribution in [1.29, 1.82) is 0 Å². The van der Waals surface area contributed by atoms with Gasteiger partial charge in [-0.15, -0.1) is 0 Å². The minimum Gasteiger partial charge on any atom is -0.491 e. The maximum atomic E-state index is 12.5. The summed E-state index contributed by atoms with van der Waals surface area (Å²) in [5.74, 6) is 0.202. The Kier molecular flexibility index (Phi) is 6.44. The average molecular weight is 368 g/mol. The summed E-state index contributed by atoms with van der Waals surface area (Å²) < 4.78 is 11.2. The maximum Gasteiger partial charge on any atom is 0.255 e. The summed E-state index contributed by atoms with van der Waals surface area (Å²) >= 11 is 0. The molecule has 6 heteroatoms. The molecular weight excluding hydrogens is 344 g/mol. The Bertz CT molecular complexity index is 783. The van der Waals surface area contributed by atoms with Crippen LogP contribution in [0.3, 0.4) is 0 Å². The number of rotatable bonds is 7. The molecule has 2 aromatic carbocycles. The van der Waals surface area contributed by atoms with E-state index >= 15 is 0 Å². The molecule has 2 amide bonds. The lowest BCUT2D eigenvalue weighted by Gasteiger charge is -2.12. The highest BCUT2D eigenvalue weighted by Crippen LogP contribution is 2.19. The molecule has 27 heavy (non-hydrogen) atoms. The molecule has 1 saturated heterocycles. The van der Waals surface area contributed by atoms with Crippen LogP contribution in [-0.4, -0.2) is 37.7 Å². The van der Waals surface area contributed by atoms with Gasteiger partial charge in [0.2, 0.25) is 0 Å². The summed E-state index contributed by atoms with van der Waals surface area (Å²) in [7, 11) is 0. The first-order valence-electron chi connectivity index (χ1n) is 9.20. The van der Waals surface area contributed by atoms with Gasteiger partial charge in [0, 0.05) is 18.7 Å². The number of hydrogen-bond acceptors (Lipinski definition) is 4. The number of amides is 2. The van der Waals surface area contributed by atoms with E-state index in [-0.39, 0.29) is 17.9 Å². The Hall–Kier alpha value is -2.86. The van der Waals surface area contributed by atoms with E-state index in [1.165, 1.54) is 0 Å². The van der Waals surface area contributed by atoms with Crippen LogP contribution in [0.4, 0.5) is 5.69 Å². The van der Waals surface area contributed by atoms with Crippen molar-refractivity contribution in [3.63, 3.8) is 0 Å². The Labute approximate surface area is 158 Å². The van der Waals surface area contributed by atoms with E-state index in [1.807, 2.05) is 6.92 Å². The second-order valence-electron chi connectivity index (χ2n) is 6.33. The fraction of sp³-hybridized carbons (Fsp3) is 0.333. The molecule has 1 unspecified atom stereocenters. The number of benzene rings is 2. The molecule has 3 rings (SSSR count). The van der Waals surface area contributed by atoms with E-state index in [0.717, 1.165) is 19.4 Å². The van der Waals surface area contributed by atoms with E-state index < -0.39 is 0 Å². The Balaban J connectivity index is 1.62. The third-order valence-corrected chi connectivity index (χ3v) is 4.33. The summed E-state index contributed by atoms with van der Waals surface area (Å²) in [6.07, 6.45) is 2.25. The molecule has 142 valence electrons. The van der Waals surface area contributed by atoms with Crippen LogP contribution >= 0.6 is 0 Å². The molecule has 1 aliphatic rings. The number of para-hydroxylation sites is 1. The highest BCUT2D eigenvalue weighted by molar-refractivity contribution is 6.09. The monoisotopic (exact) mass is 368 g/mol. The van der Waals surface area contributed by atoms with Gasteiger partial charge in [-0.3, -0.25) is 9.59 Å². The van der Waals surface area contributed by atoms with Crippen LogP contribution in [0.1, 0.15) is 40.5 Å². The normalized spacial score (nSPS) is 16.0.